The summed E-state index contributed by atoms with van der Waals surface area (Å²) in [5, 5.41) is 6.47. The van der Waals surface area contributed by atoms with Crippen LogP contribution >= 0.6 is 0 Å². The van der Waals surface area contributed by atoms with Crippen molar-refractivity contribution in [3.8, 4) is 0 Å². The van der Waals surface area contributed by atoms with Crippen LogP contribution in [0.2, 0.25) is 0 Å². The molecule has 2 aromatic rings. The number of hydrogen-bond acceptors (Lipinski definition) is 5. The fourth-order valence-corrected chi connectivity index (χ4v) is 1.70. The highest BCUT2D eigenvalue weighted by atomic mass is 16.5. The lowest BCUT2D eigenvalue weighted by molar-refractivity contribution is 0.0941. The Morgan fingerprint density at radius 2 is 2.05 bits per heavy atom. The number of amides is 1. The summed E-state index contributed by atoms with van der Waals surface area (Å²) in [7, 11) is 1.55. The Morgan fingerprint density at radius 3 is 2.70 bits per heavy atom. The summed E-state index contributed by atoms with van der Waals surface area (Å²) in [6.45, 7) is 1.23. The minimum absolute atomic E-state index is 0.246. The van der Waals surface area contributed by atoms with Crippen LogP contribution in [0.25, 0.3) is 0 Å². The maximum Gasteiger partial charge on any atom is 0.273 e. The van der Waals surface area contributed by atoms with Crippen LogP contribution in [0.15, 0.2) is 34.9 Å². The van der Waals surface area contributed by atoms with Gasteiger partial charge in [-0.15, -0.1) is 0 Å². The lowest BCUT2D eigenvalue weighted by Crippen LogP contribution is -2.23. The molecule has 0 fully saturated rings. The topological polar surface area (TPSA) is 90.4 Å². The average molecular weight is 275 g/mol. The Bertz CT molecular complexity index is 563. The number of nitrogens with one attached hydrogen (secondary N) is 1. The van der Waals surface area contributed by atoms with E-state index in [-0.39, 0.29) is 11.6 Å². The van der Waals surface area contributed by atoms with Gasteiger partial charge in [0.25, 0.3) is 5.91 Å². The third-order valence-electron chi connectivity index (χ3n) is 2.79. The molecule has 1 amide bonds. The molecule has 106 valence electrons. The van der Waals surface area contributed by atoms with Crippen molar-refractivity contribution in [1.82, 2.24) is 10.5 Å². The standard InChI is InChI=1S/C14H17N3O3/c1-19-9-12-6-13(17-20-12)14(18)16-8-11-4-2-10(7-15)3-5-11/h2-6H,7-9,15H2,1H3,(H,16,18). The molecule has 6 nitrogen and oxygen atoms in total. The Hall–Kier alpha value is -2.18. The van der Waals surface area contributed by atoms with Crippen molar-refractivity contribution in [2.75, 3.05) is 7.11 Å². The lowest BCUT2D eigenvalue weighted by atomic mass is 10.1. The van der Waals surface area contributed by atoms with Crippen LogP contribution in [0.3, 0.4) is 0 Å². The van der Waals surface area contributed by atoms with Crippen LogP contribution in [0.1, 0.15) is 27.4 Å². The van der Waals surface area contributed by atoms with Gasteiger partial charge in [-0.1, -0.05) is 29.4 Å². The fourth-order valence-electron chi connectivity index (χ4n) is 1.70. The van der Waals surface area contributed by atoms with Gasteiger partial charge >= 0.3 is 0 Å². The molecule has 0 radical (unpaired) electrons. The van der Waals surface area contributed by atoms with Crippen LogP contribution < -0.4 is 11.1 Å². The number of nitrogens with zero attached hydrogens (tertiary/aromatic N) is 1. The largest absolute Gasteiger partial charge is 0.377 e. The van der Waals surface area contributed by atoms with E-state index >= 15 is 0 Å². The summed E-state index contributed by atoms with van der Waals surface area (Å²) in [5.74, 6) is 0.240. The van der Waals surface area contributed by atoms with Gasteiger partial charge in [0.05, 0.1) is 0 Å². The van der Waals surface area contributed by atoms with Crippen molar-refractivity contribution in [2.24, 2.45) is 5.73 Å². The van der Waals surface area contributed by atoms with Gasteiger partial charge in [-0.05, 0) is 11.1 Å². The van der Waals surface area contributed by atoms with Gasteiger partial charge in [-0.2, -0.15) is 0 Å². The van der Waals surface area contributed by atoms with Gasteiger partial charge in [0, 0.05) is 26.3 Å². The van der Waals surface area contributed by atoms with Gasteiger partial charge in [0.1, 0.15) is 6.61 Å². The number of hydrogen-bond donors (Lipinski definition) is 2. The number of rotatable bonds is 6. The maximum absolute atomic E-state index is 11.9. The zero-order chi connectivity index (χ0) is 14.4. The van der Waals surface area contributed by atoms with E-state index < -0.39 is 0 Å². The quantitative estimate of drug-likeness (QED) is 0.827. The zero-order valence-electron chi connectivity index (χ0n) is 11.3. The van der Waals surface area contributed by atoms with Crippen LogP contribution in [0, 0.1) is 0 Å². The molecule has 2 rings (SSSR count). The SMILES string of the molecule is COCc1cc(C(=O)NCc2ccc(CN)cc2)no1. The molecule has 0 aliphatic rings. The molecule has 6 heteroatoms. The minimum atomic E-state index is -0.279. The second-order valence-corrected chi connectivity index (χ2v) is 4.31. The second kappa shape index (κ2) is 6.83. The Kier molecular flexibility index (Phi) is 4.86. The summed E-state index contributed by atoms with van der Waals surface area (Å²) in [5.41, 5.74) is 7.83. The smallest absolute Gasteiger partial charge is 0.273 e. The van der Waals surface area contributed by atoms with Crippen molar-refractivity contribution in [3.05, 3.63) is 52.9 Å². The molecule has 3 N–H and O–H groups in total. The number of carbonyl (C=O) groups is 1. The van der Waals surface area contributed by atoms with Crippen LogP contribution in [0.5, 0.6) is 0 Å². The van der Waals surface area contributed by atoms with Crippen LogP contribution in [-0.4, -0.2) is 18.2 Å². The van der Waals surface area contributed by atoms with E-state index in [4.69, 9.17) is 15.0 Å². The zero-order valence-corrected chi connectivity index (χ0v) is 11.3. The predicted molar refractivity (Wildman–Crippen MR) is 72.7 cm³/mol. The Balaban J connectivity index is 1.90. The molecule has 1 aromatic heterocycles. The van der Waals surface area contributed by atoms with E-state index in [2.05, 4.69) is 10.5 Å². The summed E-state index contributed by atoms with van der Waals surface area (Å²) >= 11 is 0. The first-order chi connectivity index (χ1) is 9.72. The number of nitrogens with two attached hydrogens (primary N) is 1. The third-order valence-corrected chi connectivity index (χ3v) is 2.79. The molecular formula is C14H17N3O3. The van der Waals surface area contributed by atoms with Crippen molar-refractivity contribution < 1.29 is 14.1 Å². The van der Waals surface area contributed by atoms with Crippen molar-refractivity contribution in [2.45, 2.75) is 19.7 Å². The third kappa shape index (κ3) is 3.66. The molecule has 1 aromatic carbocycles. The molecular weight excluding hydrogens is 258 g/mol. The van der Waals surface area contributed by atoms with Gasteiger partial charge in [0.2, 0.25) is 0 Å². The normalized spacial score (nSPS) is 10.5. The highest BCUT2D eigenvalue weighted by molar-refractivity contribution is 5.92. The number of benzene rings is 1. The highest BCUT2D eigenvalue weighted by Gasteiger charge is 2.11. The molecule has 0 atom stereocenters. The second-order valence-electron chi connectivity index (χ2n) is 4.31. The van der Waals surface area contributed by atoms with Gasteiger partial charge < -0.3 is 20.3 Å². The molecule has 0 spiro atoms. The fraction of sp³-hybridized carbons (Fsp3) is 0.286. The van der Waals surface area contributed by atoms with E-state index in [0.717, 1.165) is 11.1 Å². The van der Waals surface area contributed by atoms with E-state index in [1.807, 2.05) is 24.3 Å². The van der Waals surface area contributed by atoms with Crippen LogP contribution in [0.4, 0.5) is 0 Å². The molecule has 0 bridgehead atoms. The molecule has 0 unspecified atom stereocenters. The number of methoxy groups -OCH3 is 1. The first-order valence-corrected chi connectivity index (χ1v) is 6.23. The van der Waals surface area contributed by atoms with Crippen molar-refractivity contribution >= 4 is 5.91 Å². The van der Waals surface area contributed by atoms with Gasteiger partial charge in [-0.3, -0.25) is 4.79 Å². The summed E-state index contributed by atoms with van der Waals surface area (Å²) in [4.78, 5) is 11.9. The number of aromatic nitrogens is 1. The minimum Gasteiger partial charge on any atom is -0.377 e. The predicted octanol–water partition coefficient (Wildman–Crippen LogP) is 1.21. The Morgan fingerprint density at radius 1 is 1.35 bits per heavy atom. The maximum atomic E-state index is 11.9. The summed E-state index contributed by atoms with van der Waals surface area (Å²) < 4.78 is 9.86. The first-order valence-electron chi connectivity index (χ1n) is 6.23. The van der Waals surface area contributed by atoms with Crippen LogP contribution in [-0.2, 0) is 24.4 Å². The van der Waals surface area contributed by atoms with E-state index in [9.17, 15) is 4.79 Å². The molecule has 0 aliphatic heterocycles. The van der Waals surface area contributed by atoms with Gasteiger partial charge in [-0.25, -0.2) is 0 Å². The number of carbonyl (C=O) groups excluding carboxylic acids is 1. The van der Waals surface area contributed by atoms with Gasteiger partial charge in [0.15, 0.2) is 11.5 Å². The molecule has 0 saturated heterocycles. The highest BCUT2D eigenvalue weighted by Crippen LogP contribution is 2.06. The first kappa shape index (κ1) is 14.2. The summed E-state index contributed by atoms with van der Waals surface area (Å²) in [6.07, 6.45) is 0. The lowest BCUT2D eigenvalue weighted by Gasteiger charge is -2.04. The van der Waals surface area contributed by atoms with E-state index in [0.29, 0.717) is 25.5 Å². The monoisotopic (exact) mass is 275 g/mol. The van der Waals surface area contributed by atoms with Crippen molar-refractivity contribution in [3.63, 3.8) is 0 Å². The molecule has 20 heavy (non-hydrogen) atoms. The summed E-state index contributed by atoms with van der Waals surface area (Å²) in [6, 6.07) is 9.31. The van der Waals surface area contributed by atoms with E-state index in [1.165, 1.54) is 0 Å². The molecule has 1 heterocycles. The van der Waals surface area contributed by atoms with Crippen molar-refractivity contribution in [1.29, 1.82) is 0 Å². The molecule has 0 saturated carbocycles. The number of ether oxygens (including phenoxy) is 1. The van der Waals surface area contributed by atoms with E-state index in [1.54, 1.807) is 13.2 Å². The average Bonchev–Trinajstić information content (AvgIpc) is 2.94. The molecule has 0 aliphatic carbocycles. The Labute approximate surface area is 116 Å².